The second-order valence-electron chi connectivity index (χ2n) is 8.36. The zero-order chi connectivity index (χ0) is 22.2. The molecular weight excluding hydrogens is 414 g/mol. The summed E-state index contributed by atoms with van der Waals surface area (Å²) in [5.74, 6) is 2.56. The van der Waals surface area contributed by atoms with E-state index in [1.165, 1.54) is 6.34 Å². The van der Waals surface area contributed by atoms with Crippen molar-refractivity contribution in [3.05, 3.63) is 52.6 Å². The van der Waals surface area contributed by atoms with Crippen LogP contribution in [0.5, 0.6) is 5.75 Å². The number of para-hydroxylation sites is 1. The van der Waals surface area contributed by atoms with Crippen LogP contribution in [0.2, 0.25) is 5.02 Å². The summed E-state index contributed by atoms with van der Waals surface area (Å²) >= 11 is 6.51. The number of aromatic nitrogens is 4. The third-order valence-corrected chi connectivity index (χ3v) is 5.99. The Morgan fingerprint density at radius 2 is 2.06 bits per heavy atom. The molecule has 8 nitrogen and oxygen atoms in total. The molecule has 1 aliphatic rings. The van der Waals surface area contributed by atoms with Gasteiger partial charge in [-0.15, -0.1) is 0 Å². The zero-order valence-electron chi connectivity index (χ0n) is 17.8. The maximum absolute atomic E-state index is 6.51. The number of ether oxygens (including phenoxy) is 1. The number of rotatable bonds is 6. The van der Waals surface area contributed by atoms with Crippen molar-refractivity contribution in [1.82, 2.24) is 20.2 Å². The van der Waals surface area contributed by atoms with Crippen LogP contribution in [-0.4, -0.2) is 33.6 Å². The van der Waals surface area contributed by atoms with Crippen LogP contribution in [0.25, 0.3) is 11.4 Å². The Bertz CT molecular complexity index is 1110. The van der Waals surface area contributed by atoms with E-state index < -0.39 is 5.54 Å². The lowest BCUT2D eigenvalue weighted by Gasteiger charge is -2.34. The van der Waals surface area contributed by atoms with Gasteiger partial charge in [-0.25, -0.2) is 9.98 Å². The molecule has 31 heavy (non-hydrogen) atoms. The van der Waals surface area contributed by atoms with Crippen LogP contribution in [0.4, 0.5) is 5.69 Å². The Kier molecular flexibility index (Phi) is 5.68. The molecule has 1 saturated carbocycles. The van der Waals surface area contributed by atoms with Crippen LogP contribution in [-0.2, 0) is 5.54 Å². The Morgan fingerprint density at radius 3 is 2.71 bits per heavy atom. The van der Waals surface area contributed by atoms with E-state index in [9.17, 15) is 0 Å². The first-order valence-electron chi connectivity index (χ1n) is 10.1. The van der Waals surface area contributed by atoms with Crippen LogP contribution in [0.15, 0.2) is 35.5 Å². The van der Waals surface area contributed by atoms with Crippen LogP contribution in [0.1, 0.15) is 55.6 Å². The van der Waals surface area contributed by atoms with Crippen molar-refractivity contribution in [2.24, 2.45) is 16.5 Å². The number of aromatic amines is 1. The van der Waals surface area contributed by atoms with Crippen molar-refractivity contribution in [3.8, 4) is 17.1 Å². The van der Waals surface area contributed by atoms with Gasteiger partial charge in [0.2, 0.25) is 0 Å². The molecule has 0 bridgehead atoms. The quantitative estimate of drug-likeness (QED) is 0.393. The highest BCUT2D eigenvalue weighted by atomic mass is 35.5. The fraction of sp³-hybridized carbons (Fsp3) is 0.364. The number of hydrogen-bond acceptors (Lipinski definition) is 6. The monoisotopic (exact) mass is 439 g/mol. The fourth-order valence-corrected chi connectivity index (χ4v) is 4.14. The highest BCUT2D eigenvalue weighted by Crippen LogP contribution is 2.48. The van der Waals surface area contributed by atoms with Gasteiger partial charge in [0.25, 0.3) is 0 Å². The average Bonchev–Trinajstić information content (AvgIpc) is 3.17. The molecule has 0 amide bonds. The molecule has 162 valence electrons. The van der Waals surface area contributed by atoms with Crippen molar-refractivity contribution in [1.29, 1.82) is 0 Å². The van der Waals surface area contributed by atoms with Gasteiger partial charge in [0, 0.05) is 23.6 Å². The average molecular weight is 440 g/mol. The van der Waals surface area contributed by atoms with Gasteiger partial charge in [-0.1, -0.05) is 17.7 Å². The fourth-order valence-electron chi connectivity index (χ4n) is 3.82. The van der Waals surface area contributed by atoms with Gasteiger partial charge in [0.05, 0.1) is 29.7 Å². The van der Waals surface area contributed by atoms with Crippen LogP contribution < -0.4 is 16.2 Å². The van der Waals surface area contributed by atoms with Crippen LogP contribution in [0.3, 0.4) is 0 Å². The molecule has 1 fully saturated rings. The van der Waals surface area contributed by atoms with Gasteiger partial charge in [-0.2, -0.15) is 5.10 Å². The van der Waals surface area contributed by atoms with E-state index in [0.717, 1.165) is 35.5 Å². The van der Waals surface area contributed by atoms with Crippen molar-refractivity contribution < 1.29 is 4.74 Å². The van der Waals surface area contributed by atoms with E-state index in [-0.39, 0.29) is 11.8 Å². The number of benzene rings is 1. The van der Waals surface area contributed by atoms with E-state index in [4.69, 9.17) is 32.8 Å². The lowest BCUT2D eigenvalue weighted by molar-refractivity contribution is 0.332. The summed E-state index contributed by atoms with van der Waals surface area (Å²) < 4.78 is 5.39. The van der Waals surface area contributed by atoms with Crippen molar-refractivity contribution in [2.45, 2.75) is 44.1 Å². The predicted molar refractivity (Wildman–Crippen MR) is 122 cm³/mol. The molecule has 9 heteroatoms. The molecule has 2 aromatic heterocycles. The van der Waals surface area contributed by atoms with Gasteiger partial charge in [-0.3, -0.25) is 10.1 Å². The lowest BCUT2D eigenvalue weighted by Crippen LogP contribution is -2.29. The van der Waals surface area contributed by atoms with Gasteiger partial charge in [-0.05, 0) is 50.5 Å². The molecule has 0 saturated heterocycles. The summed E-state index contributed by atoms with van der Waals surface area (Å²) in [6.45, 7) is 3.88. The van der Waals surface area contributed by atoms with E-state index in [2.05, 4.69) is 20.2 Å². The molecule has 0 aliphatic heterocycles. The minimum atomic E-state index is -0.472. The second-order valence-corrected chi connectivity index (χ2v) is 8.76. The zero-order valence-corrected chi connectivity index (χ0v) is 18.5. The number of halogens is 1. The maximum atomic E-state index is 6.51. The molecule has 5 N–H and O–H groups in total. The van der Waals surface area contributed by atoms with Crippen molar-refractivity contribution in [2.75, 3.05) is 7.11 Å². The van der Waals surface area contributed by atoms with Crippen LogP contribution in [0, 0.1) is 0 Å². The van der Waals surface area contributed by atoms with E-state index >= 15 is 0 Å². The number of aliphatic imine (C=N–C) groups is 1. The number of hydrogen-bond donors (Lipinski definition) is 3. The smallest absolute Gasteiger partial charge is 0.183 e. The summed E-state index contributed by atoms with van der Waals surface area (Å²) in [6.07, 6.45) is 4.86. The second kappa shape index (κ2) is 8.28. The number of nitrogens with zero attached hydrogens (tertiary/aromatic N) is 4. The maximum Gasteiger partial charge on any atom is 0.183 e. The molecule has 1 aromatic carbocycles. The summed E-state index contributed by atoms with van der Waals surface area (Å²) in [6, 6.07) is 7.51. The number of methoxy groups -OCH3 is 1. The lowest BCUT2D eigenvalue weighted by atomic mass is 9.72. The number of H-pyrrole nitrogens is 1. The van der Waals surface area contributed by atoms with E-state index in [1.807, 2.05) is 44.3 Å². The van der Waals surface area contributed by atoms with E-state index in [0.29, 0.717) is 22.3 Å². The molecule has 0 atom stereocenters. The molecule has 4 rings (SSSR count). The first-order chi connectivity index (χ1) is 14.8. The Labute approximate surface area is 186 Å². The summed E-state index contributed by atoms with van der Waals surface area (Å²) in [5.41, 5.74) is 14.4. The highest BCUT2D eigenvalue weighted by Gasteiger charge is 2.36. The first-order valence-corrected chi connectivity index (χ1v) is 10.5. The molecule has 0 radical (unpaired) electrons. The topological polar surface area (TPSA) is 128 Å². The first kappa shape index (κ1) is 21.3. The van der Waals surface area contributed by atoms with Crippen LogP contribution >= 0.6 is 11.6 Å². The molecule has 3 aromatic rings. The summed E-state index contributed by atoms with van der Waals surface area (Å²) in [5, 5.41) is 8.14. The van der Waals surface area contributed by atoms with Gasteiger partial charge < -0.3 is 16.2 Å². The molecule has 0 unspecified atom stereocenters. The number of nitrogens with two attached hydrogens (primary N) is 2. The molecule has 2 heterocycles. The minimum Gasteiger partial charge on any atom is -0.494 e. The number of nitrogens with one attached hydrogen (secondary N) is 1. The SMILES string of the molecule is COc1cccc(-c2n[nH]c(C3CC(c4ncc(C(C)(C)N)cc4Cl)C3)n2)c1N=CN. The standard InChI is InChI=1S/C22H26ClN7O/c1-22(2,25)14-9-16(23)18(26-10-14)12-7-13(8-12)20-28-21(30-29-20)15-5-4-6-17(31-3)19(15)27-11-24/h4-6,9-13H,7-8,25H2,1-3H3,(H2,24,27)(H,28,29,30). The van der Waals surface area contributed by atoms with Gasteiger partial charge in [0.15, 0.2) is 5.82 Å². The van der Waals surface area contributed by atoms with E-state index in [1.54, 1.807) is 7.11 Å². The molecule has 1 aliphatic carbocycles. The Morgan fingerprint density at radius 1 is 1.29 bits per heavy atom. The largest absolute Gasteiger partial charge is 0.494 e. The minimum absolute atomic E-state index is 0.266. The predicted octanol–water partition coefficient (Wildman–Crippen LogP) is 4.00. The molecular formula is C22H26ClN7O. The van der Waals surface area contributed by atoms with Crippen molar-refractivity contribution >= 4 is 23.6 Å². The Hall–Kier alpha value is -2.97. The third kappa shape index (κ3) is 4.13. The summed E-state index contributed by atoms with van der Waals surface area (Å²) in [4.78, 5) is 13.5. The highest BCUT2D eigenvalue weighted by molar-refractivity contribution is 6.31. The summed E-state index contributed by atoms with van der Waals surface area (Å²) in [7, 11) is 1.59. The number of pyridine rings is 1. The normalized spacial score (nSPS) is 18.9. The molecule has 0 spiro atoms. The van der Waals surface area contributed by atoms with Crippen molar-refractivity contribution in [3.63, 3.8) is 0 Å². The van der Waals surface area contributed by atoms with Gasteiger partial charge in [0.1, 0.15) is 17.3 Å². The third-order valence-electron chi connectivity index (χ3n) is 5.69. The van der Waals surface area contributed by atoms with Gasteiger partial charge >= 0.3 is 0 Å². The Balaban J connectivity index is 1.51.